The van der Waals surface area contributed by atoms with Crippen LogP contribution in [-0.4, -0.2) is 19.0 Å². The Morgan fingerprint density at radius 1 is 1.44 bits per heavy atom. The molecule has 16 heavy (non-hydrogen) atoms. The van der Waals surface area contributed by atoms with Gasteiger partial charge in [0.15, 0.2) is 0 Å². The van der Waals surface area contributed by atoms with Crippen LogP contribution < -0.4 is 4.90 Å². The van der Waals surface area contributed by atoms with Gasteiger partial charge in [-0.15, -0.1) is 0 Å². The van der Waals surface area contributed by atoms with Crippen molar-refractivity contribution >= 4 is 21.6 Å². The van der Waals surface area contributed by atoms with Crippen LogP contribution in [0.25, 0.3) is 0 Å². The molecule has 1 saturated heterocycles. The molecular weight excluding hydrogens is 278 g/mol. The molecular formula is C11H9BrF2N2. The Labute approximate surface area is 101 Å². The molecule has 0 aliphatic carbocycles. The highest BCUT2D eigenvalue weighted by molar-refractivity contribution is 9.10. The lowest BCUT2D eigenvalue weighted by atomic mass is 10.2. The predicted octanol–water partition coefficient (Wildman–Crippen LogP) is 3.17. The van der Waals surface area contributed by atoms with E-state index in [-0.39, 0.29) is 13.0 Å². The third kappa shape index (κ3) is 2.17. The summed E-state index contributed by atoms with van der Waals surface area (Å²) in [6.45, 7) is 0.108. The molecule has 0 unspecified atom stereocenters. The van der Waals surface area contributed by atoms with Gasteiger partial charge in [-0.1, -0.05) is 0 Å². The van der Waals surface area contributed by atoms with Crippen LogP contribution >= 0.6 is 15.9 Å². The summed E-state index contributed by atoms with van der Waals surface area (Å²) in [5, 5.41) is 8.74. The molecule has 0 bridgehead atoms. The first-order valence-corrected chi connectivity index (χ1v) is 5.63. The molecule has 1 aromatic rings. The largest absolute Gasteiger partial charge is 0.365 e. The highest BCUT2D eigenvalue weighted by atomic mass is 79.9. The Balaban J connectivity index is 2.24. The summed E-state index contributed by atoms with van der Waals surface area (Å²) in [5.74, 6) is -2.60. The zero-order valence-corrected chi connectivity index (χ0v) is 9.97. The molecule has 0 spiro atoms. The van der Waals surface area contributed by atoms with Gasteiger partial charge in [-0.25, -0.2) is 8.78 Å². The van der Waals surface area contributed by atoms with Crippen LogP contribution in [0.3, 0.4) is 0 Å². The van der Waals surface area contributed by atoms with Crippen LogP contribution in [0.15, 0.2) is 22.7 Å². The Morgan fingerprint density at radius 3 is 2.69 bits per heavy atom. The summed E-state index contributed by atoms with van der Waals surface area (Å²) in [5.41, 5.74) is 1.23. The minimum absolute atomic E-state index is 0.107. The smallest absolute Gasteiger partial charge is 0.266 e. The molecule has 0 saturated carbocycles. The monoisotopic (exact) mass is 286 g/mol. The van der Waals surface area contributed by atoms with Crippen molar-refractivity contribution in [3.63, 3.8) is 0 Å². The van der Waals surface area contributed by atoms with Gasteiger partial charge < -0.3 is 4.90 Å². The fraction of sp³-hybridized carbons (Fsp3) is 0.364. The van der Waals surface area contributed by atoms with Crippen LogP contribution in [0.1, 0.15) is 12.0 Å². The molecule has 84 valence electrons. The van der Waals surface area contributed by atoms with E-state index in [0.717, 1.165) is 5.69 Å². The van der Waals surface area contributed by atoms with Crippen molar-refractivity contribution < 1.29 is 8.78 Å². The van der Waals surface area contributed by atoms with E-state index in [4.69, 9.17) is 5.26 Å². The SMILES string of the molecule is N#Cc1ccc(N2CCC(F)(F)C2)cc1Br. The van der Waals surface area contributed by atoms with Gasteiger partial charge in [-0.2, -0.15) is 5.26 Å². The summed E-state index contributed by atoms with van der Waals surface area (Å²) in [6, 6.07) is 7.06. The number of hydrogen-bond donors (Lipinski definition) is 0. The van der Waals surface area contributed by atoms with E-state index in [1.807, 2.05) is 6.07 Å². The first-order chi connectivity index (χ1) is 7.52. The van der Waals surface area contributed by atoms with Gasteiger partial charge >= 0.3 is 0 Å². The molecule has 1 heterocycles. The molecule has 5 heteroatoms. The van der Waals surface area contributed by atoms with Crippen LogP contribution in [0.4, 0.5) is 14.5 Å². The van der Waals surface area contributed by atoms with Gasteiger partial charge in [0.25, 0.3) is 5.92 Å². The van der Waals surface area contributed by atoms with Gasteiger partial charge in [-0.05, 0) is 34.1 Å². The lowest BCUT2D eigenvalue weighted by Gasteiger charge is -2.18. The Bertz CT molecular complexity index is 454. The lowest BCUT2D eigenvalue weighted by molar-refractivity contribution is 0.0257. The fourth-order valence-electron chi connectivity index (χ4n) is 1.75. The highest BCUT2D eigenvalue weighted by Crippen LogP contribution is 2.32. The summed E-state index contributed by atoms with van der Waals surface area (Å²) >= 11 is 3.25. The predicted molar refractivity (Wildman–Crippen MR) is 60.6 cm³/mol. The van der Waals surface area contributed by atoms with E-state index in [0.29, 0.717) is 16.6 Å². The van der Waals surface area contributed by atoms with Crippen molar-refractivity contribution in [2.45, 2.75) is 12.3 Å². The van der Waals surface area contributed by atoms with E-state index in [1.165, 1.54) is 0 Å². The van der Waals surface area contributed by atoms with Crippen LogP contribution in [0.5, 0.6) is 0 Å². The normalized spacial score (nSPS) is 18.5. The van der Waals surface area contributed by atoms with Gasteiger partial charge in [0.1, 0.15) is 6.07 Å². The number of rotatable bonds is 1. The second-order valence-electron chi connectivity index (χ2n) is 3.80. The summed E-state index contributed by atoms with van der Waals surface area (Å²) in [7, 11) is 0. The molecule has 1 aliphatic heterocycles. The Morgan fingerprint density at radius 2 is 2.19 bits per heavy atom. The maximum atomic E-state index is 13.0. The summed E-state index contributed by atoms with van der Waals surface area (Å²) in [6.07, 6.45) is -0.107. The van der Waals surface area contributed by atoms with Gasteiger partial charge in [0.05, 0.1) is 12.1 Å². The molecule has 0 radical (unpaired) electrons. The Hall–Kier alpha value is -1.15. The number of hydrogen-bond acceptors (Lipinski definition) is 2. The van der Waals surface area contributed by atoms with Crippen LogP contribution in [0.2, 0.25) is 0 Å². The van der Waals surface area contributed by atoms with Crippen molar-refractivity contribution in [1.82, 2.24) is 0 Å². The minimum Gasteiger partial charge on any atom is -0.365 e. The van der Waals surface area contributed by atoms with Gasteiger partial charge in [0.2, 0.25) is 0 Å². The van der Waals surface area contributed by atoms with Crippen LogP contribution in [-0.2, 0) is 0 Å². The third-order valence-electron chi connectivity index (χ3n) is 2.61. The molecule has 1 aromatic carbocycles. The maximum Gasteiger partial charge on any atom is 0.266 e. The van der Waals surface area contributed by atoms with Crippen molar-refractivity contribution in [1.29, 1.82) is 5.26 Å². The van der Waals surface area contributed by atoms with Gasteiger partial charge in [0, 0.05) is 23.1 Å². The number of nitrogens with zero attached hydrogens (tertiary/aromatic N) is 2. The number of halogens is 3. The topological polar surface area (TPSA) is 27.0 Å². The van der Waals surface area contributed by atoms with Crippen molar-refractivity contribution in [3.8, 4) is 6.07 Å². The molecule has 1 aliphatic rings. The van der Waals surface area contributed by atoms with E-state index in [1.54, 1.807) is 23.1 Å². The quantitative estimate of drug-likeness (QED) is 0.793. The third-order valence-corrected chi connectivity index (χ3v) is 3.26. The maximum absolute atomic E-state index is 13.0. The van der Waals surface area contributed by atoms with Gasteiger partial charge in [-0.3, -0.25) is 0 Å². The van der Waals surface area contributed by atoms with E-state index in [9.17, 15) is 8.78 Å². The zero-order valence-electron chi connectivity index (χ0n) is 8.38. The average Bonchev–Trinajstić information content (AvgIpc) is 2.59. The average molecular weight is 287 g/mol. The molecule has 0 amide bonds. The number of nitriles is 1. The number of alkyl halides is 2. The first kappa shape index (κ1) is 11.3. The highest BCUT2D eigenvalue weighted by Gasteiger charge is 2.38. The van der Waals surface area contributed by atoms with E-state index in [2.05, 4.69) is 15.9 Å². The number of benzene rings is 1. The second kappa shape index (κ2) is 4.02. The summed E-state index contributed by atoms with van der Waals surface area (Å²) < 4.78 is 26.7. The minimum atomic E-state index is -2.60. The molecule has 0 atom stereocenters. The number of anilines is 1. The lowest BCUT2D eigenvalue weighted by Crippen LogP contribution is -2.24. The second-order valence-corrected chi connectivity index (χ2v) is 4.66. The van der Waals surface area contributed by atoms with E-state index < -0.39 is 5.92 Å². The molecule has 1 fully saturated rings. The standard InChI is InChI=1S/C11H9BrF2N2/c12-10-5-9(2-1-8(10)6-15)16-4-3-11(13,14)7-16/h1-2,5H,3-4,7H2. The van der Waals surface area contributed by atoms with Crippen molar-refractivity contribution in [2.24, 2.45) is 0 Å². The Kier molecular flexibility index (Phi) is 2.85. The fourth-order valence-corrected chi connectivity index (χ4v) is 2.20. The van der Waals surface area contributed by atoms with Crippen molar-refractivity contribution in [3.05, 3.63) is 28.2 Å². The van der Waals surface area contributed by atoms with Crippen LogP contribution in [0, 0.1) is 11.3 Å². The molecule has 2 nitrogen and oxygen atoms in total. The molecule has 0 aromatic heterocycles. The summed E-state index contributed by atoms with van der Waals surface area (Å²) in [4.78, 5) is 1.63. The van der Waals surface area contributed by atoms with E-state index >= 15 is 0 Å². The zero-order chi connectivity index (χ0) is 11.8. The molecule has 2 rings (SSSR count). The molecule has 0 N–H and O–H groups in total. The van der Waals surface area contributed by atoms with Crippen molar-refractivity contribution in [2.75, 3.05) is 18.0 Å². The first-order valence-electron chi connectivity index (χ1n) is 4.84.